The van der Waals surface area contributed by atoms with Crippen molar-refractivity contribution in [1.82, 2.24) is 9.97 Å². The van der Waals surface area contributed by atoms with Gasteiger partial charge in [0.05, 0.1) is 11.9 Å². The van der Waals surface area contributed by atoms with E-state index in [9.17, 15) is 4.79 Å². The summed E-state index contributed by atoms with van der Waals surface area (Å²) in [6.45, 7) is 3.82. The summed E-state index contributed by atoms with van der Waals surface area (Å²) in [5.41, 5.74) is 4.63. The Labute approximate surface area is 176 Å². The van der Waals surface area contributed by atoms with Crippen molar-refractivity contribution < 1.29 is 13.9 Å². The molecule has 29 heavy (non-hydrogen) atoms. The minimum absolute atomic E-state index is 0.0775. The minimum Gasteiger partial charge on any atom is -0.483 e. The number of carbonyl (C=O) groups is 1. The molecule has 2 aromatic heterocycles. The third-order valence-electron chi connectivity index (χ3n) is 4.36. The van der Waals surface area contributed by atoms with Crippen molar-refractivity contribution in [2.45, 2.75) is 13.8 Å². The highest BCUT2D eigenvalue weighted by atomic mass is 79.9. The second-order valence-electron chi connectivity index (χ2n) is 6.62. The number of aryl methyl sites for hydroxylation is 2. The molecule has 7 heteroatoms. The number of para-hydroxylation sites is 1. The van der Waals surface area contributed by atoms with Gasteiger partial charge in [0.1, 0.15) is 17.0 Å². The van der Waals surface area contributed by atoms with Gasteiger partial charge >= 0.3 is 0 Å². The van der Waals surface area contributed by atoms with Crippen LogP contribution in [0.4, 0.5) is 5.69 Å². The predicted molar refractivity (Wildman–Crippen MR) is 115 cm³/mol. The topological polar surface area (TPSA) is 77.2 Å². The second-order valence-corrected chi connectivity index (χ2v) is 7.54. The third-order valence-corrected chi connectivity index (χ3v) is 4.82. The summed E-state index contributed by atoms with van der Waals surface area (Å²) in [6, 6.07) is 14.9. The number of halogens is 1. The molecule has 0 fully saturated rings. The number of oxazole rings is 1. The molecule has 4 rings (SSSR count). The van der Waals surface area contributed by atoms with E-state index in [0.29, 0.717) is 23.0 Å². The van der Waals surface area contributed by atoms with Crippen molar-refractivity contribution in [2.75, 3.05) is 11.9 Å². The van der Waals surface area contributed by atoms with Crippen LogP contribution < -0.4 is 10.1 Å². The number of nitrogens with zero attached hydrogens (tertiary/aromatic N) is 2. The molecule has 6 nitrogen and oxygen atoms in total. The monoisotopic (exact) mass is 451 g/mol. The van der Waals surface area contributed by atoms with E-state index in [2.05, 4.69) is 31.2 Å². The van der Waals surface area contributed by atoms with Gasteiger partial charge in [-0.1, -0.05) is 34.1 Å². The van der Waals surface area contributed by atoms with E-state index in [1.165, 1.54) is 0 Å². The Morgan fingerprint density at radius 1 is 1.14 bits per heavy atom. The smallest absolute Gasteiger partial charge is 0.262 e. The van der Waals surface area contributed by atoms with E-state index < -0.39 is 0 Å². The van der Waals surface area contributed by atoms with Crippen LogP contribution in [-0.4, -0.2) is 22.5 Å². The van der Waals surface area contributed by atoms with Crippen molar-refractivity contribution in [3.8, 4) is 17.3 Å². The third kappa shape index (κ3) is 4.30. The lowest BCUT2D eigenvalue weighted by Crippen LogP contribution is -2.20. The predicted octanol–water partition coefficient (Wildman–Crippen LogP) is 5.29. The highest BCUT2D eigenvalue weighted by Crippen LogP contribution is 2.28. The first-order valence-corrected chi connectivity index (χ1v) is 9.80. The van der Waals surface area contributed by atoms with Gasteiger partial charge in [0.2, 0.25) is 5.89 Å². The van der Waals surface area contributed by atoms with Crippen LogP contribution in [0.5, 0.6) is 5.75 Å². The lowest BCUT2D eigenvalue weighted by Gasteiger charge is -2.09. The number of fused-ring (bicyclic) bond motifs is 1. The number of aromatic nitrogens is 2. The van der Waals surface area contributed by atoms with E-state index in [1.54, 1.807) is 18.3 Å². The number of carbonyl (C=O) groups excluding carboxylic acids is 1. The van der Waals surface area contributed by atoms with Crippen molar-refractivity contribution in [2.24, 2.45) is 0 Å². The zero-order valence-corrected chi connectivity index (χ0v) is 17.5. The van der Waals surface area contributed by atoms with Crippen LogP contribution in [0.25, 0.3) is 22.7 Å². The molecule has 0 spiro atoms. The van der Waals surface area contributed by atoms with E-state index in [1.807, 2.05) is 50.2 Å². The van der Waals surface area contributed by atoms with E-state index in [-0.39, 0.29) is 12.5 Å². The highest BCUT2D eigenvalue weighted by Gasteiger charge is 2.13. The van der Waals surface area contributed by atoms with Gasteiger partial charge in [0.15, 0.2) is 12.2 Å². The number of hydrogen-bond donors (Lipinski definition) is 1. The molecule has 0 saturated carbocycles. The maximum Gasteiger partial charge on any atom is 0.262 e. The Morgan fingerprint density at radius 3 is 2.72 bits per heavy atom. The number of rotatable bonds is 5. The van der Waals surface area contributed by atoms with Gasteiger partial charge in [-0.05, 0) is 55.3 Å². The average molecular weight is 452 g/mol. The van der Waals surface area contributed by atoms with Gasteiger partial charge in [-0.15, -0.1) is 0 Å². The molecule has 2 aromatic carbocycles. The van der Waals surface area contributed by atoms with Crippen LogP contribution in [0, 0.1) is 13.8 Å². The van der Waals surface area contributed by atoms with E-state index >= 15 is 0 Å². The molecule has 1 amide bonds. The lowest BCUT2D eigenvalue weighted by atomic mass is 10.2. The van der Waals surface area contributed by atoms with Gasteiger partial charge < -0.3 is 14.5 Å². The summed E-state index contributed by atoms with van der Waals surface area (Å²) < 4.78 is 12.4. The van der Waals surface area contributed by atoms with Crippen LogP contribution in [-0.2, 0) is 4.79 Å². The standard InChI is InChI=1S/C22H18BrN3O3/c1-13-5-3-4-6-19(13)28-12-20(27)25-16-7-8-17(24-11-16)22-26-18-10-15(23)9-14(2)21(18)29-22/h3-11H,12H2,1-2H3,(H,25,27). The number of amides is 1. The van der Waals surface area contributed by atoms with Crippen molar-refractivity contribution in [1.29, 1.82) is 0 Å². The molecule has 4 aromatic rings. The van der Waals surface area contributed by atoms with Crippen molar-refractivity contribution in [3.05, 3.63) is 70.3 Å². The van der Waals surface area contributed by atoms with Crippen molar-refractivity contribution in [3.63, 3.8) is 0 Å². The van der Waals surface area contributed by atoms with Gasteiger partial charge in [0, 0.05) is 4.47 Å². The molecule has 0 radical (unpaired) electrons. The molecular weight excluding hydrogens is 434 g/mol. The Balaban J connectivity index is 1.43. The van der Waals surface area contributed by atoms with Gasteiger partial charge in [0.25, 0.3) is 5.91 Å². The fraction of sp³-hybridized carbons (Fsp3) is 0.136. The number of anilines is 1. The van der Waals surface area contributed by atoms with Crippen LogP contribution in [0.2, 0.25) is 0 Å². The fourth-order valence-electron chi connectivity index (χ4n) is 2.92. The minimum atomic E-state index is -0.259. The molecule has 146 valence electrons. The molecule has 0 saturated heterocycles. The molecule has 0 aliphatic rings. The van der Waals surface area contributed by atoms with Crippen molar-refractivity contribution >= 4 is 38.6 Å². The maximum atomic E-state index is 12.1. The number of pyridine rings is 1. The summed E-state index contributed by atoms with van der Waals surface area (Å²) in [7, 11) is 0. The zero-order chi connectivity index (χ0) is 20.4. The number of hydrogen-bond acceptors (Lipinski definition) is 5. The summed E-state index contributed by atoms with van der Waals surface area (Å²) in [5.74, 6) is 0.862. The molecule has 0 bridgehead atoms. The lowest BCUT2D eigenvalue weighted by molar-refractivity contribution is -0.118. The van der Waals surface area contributed by atoms with Crippen LogP contribution in [0.15, 0.2) is 63.6 Å². The zero-order valence-electron chi connectivity index (χ0n) is 15.9. The summed E-state index contributed by atoms with van der Waals surface area (Å²) >= 11 is 3.46. The Morgan fingerprint density at radius 2 is 1.97 bits per heavy atom. The Hall–Kier alpha value is -3.19. The Kier molecular flexibility index (Phi) is 5.31. The van der Waals surface area contributed by atoms with Crippen LogP contribution in [0.3, 0.4) is 0 Å². The van der Waals surface area contributed by atoms with Gasteiger partial charge in [-0.25, -0.2) is 9.97 Å². The SMILES string of the molecule is Cc1ccccc1OCC(=O)Nc1ccc(-c2nc3cc(Br)cc(C)c3o2)nc1. The number of nitrogens with one attached hydrogen (secondary N) is 1. The number of ether oxygens (including phenoxy) is 1. The van der Waals surface area contributed by atoms with E-state index in [4.69, 9.17) is 9.15 Å². The largest absolute Gasteiger partial charge is 0.483 e. The molecule has 0 unspecified atom stereocenters. The number of benzene rings is 2. The highest BCUT2D eigenvalue weighted by molar-refractivity contribution is 9.10. The first-order valence-electron chi connectivity index (χ1n) is 9.01. The molecule has 0 aliphatic carbocycles. The molecule has 1 N–H and O–H groups in total. The molecule has 0 aliphatic heterocycles. The van der Waals surface area contributed by atoms with Gasteiger partial charge in [-0.2, -0.15) is 0 Å². The van der Waals surface area contributed by atoms with Crippen LogP contribution >= 0.6 is 15.9 Å². The first-order chi connectivity index (χ1) is 14.0. The summed E-state index contributed by atoms with van der Waals surface area (Å²) in [6.07, 6.45) is 1.57. The second kappa shape index (κ2) is 8.05. The quantitative estimate of drug-likeness (QED) is 0.446. The Bertz CT molecular complexity index is 1190. The van der Waals surface area contributed by atoms with Crippen LogP contribution in [0.1, 0.15) is 11.1 Å². The molecular formula is C22H18BrN3O3. The maximum absolute atomic E-state index is 12.1. The van der Waals surface area contributed by atoms with Gasteiger partial charge in [-0.3, -0.25) is 4.79 Å². The normalized spacial score (nSPS) is 10.9. The summed E-state index contributed by atoms with van der Waals surface area (Å²) in [5, 5.41) is 2.77. The molecule has 0 atom stereocenters. The summed E-state index contributed by atoms with van der Waals surface area (Å²) in [4.78, 5) is 21.0. The first kappa shape index (κ1) is 19.1. The average Bonchev–Trinajstić information content (AvgIpc) is 3.12. The molecule has 2 heterocycles. The fourth-order valence-corrected chi connectivity index (χ4v) is 3.48. The van der Waals surface area contributed by atoms with E-state index in [0.717, 1.165) is 26.7 Å².